The van der Waals surface area contributed by atoms with Gasteiger partial charge in [0.1, 0.15) is 0 Å². The highest BCUT2D eigenvalue weighted by Gasteiger charge is 2.18. The number of nitrogens with zero attached hydrogens (tertiary/aromatic N) is 3. The summed E-state index contributed by atoms with van der Waals surface area (Å²) in [5.41, 5.74) is 2.82. The number of aromatic nitrogens is 2. The molecule has 0 fully saturated rings. The van der Waals surface area contributed by atoms with Crippen molar-refractivity contribution in [2.45, 2.75) is 13.0 Å². The average Bonchev–Trinajstić information content (AvgIpc) is 2.49. The van der Waals surface area contributed by atoms with E-state index >= 15 is 0 Å². The zero-order valence-corrected chi connectivity index (χ0v) is 8.97. The minimum absolute atomic E-state index is 1.06. The minimum atomic E-state index is 1.06. The van der Waals surface area contributed by atoms with Gasteiger partial charge < -0.3 is 0 Å². The SMILES string of the molecule is CSCN1CCc2cnn(C)c2C1. The van der Waals surface area contributed by atoms with Crippen LogP contribution in [-0.2, 0) is 20.0 Å². The first-order valence-corrected chi connectivity index (χ1v) is 5.91. The summed E-state index contributed by atoms with van der Waals surface area (Å²) in [6.45, 7) is 2.24. The van der Waals surface area contributed by atoms with Crippen LogP contribution in [-0.4, -0.2) is 33.4 Å². The zero-order valence-electron chi connectivity index (χ0n) is 8.16. The maximum atomic E-state index is 4.28. The Morgan fingerprint density at radius 3 is 3.23 bits per heavy atom. The summed E-state index contributed by atoms with van der Waals surface area (Å²) in [5.74, 6) is 1.13. The van der Waals surface area contributed by atoms with Gasteiger partial charge in [0.25, 0.3) is 0 Å². The van der Waals surface area contributed by atoms with Crippen molar-refractivity contribution in [2.24, 2.45) is 7.05 Å². The fourth-order valence-corrected chi connectivity index (χ4v) is 2.37. The van der Waals surface area contributed by atoms with Gasteiger partial charge in [0.05, 0.1) is 11.9 Å². The second kappa shape index (κ2) is 3.72. The molecule has 0 bridgehead atoms. The van der Waals surface area contributed by atoms with Gasteiger partial charge in [0.2, 0.25) is 0 Å². The molecule has 72 valence electrons. The number of aryl methyl sites for hydroxylation is 1. The molecule has 4 heteroatoms. The Bertz CT molecular complexity index is 295. The van der Waals surface area contributed by atoms with Crippen LogP contribution < -0.4 is 0 Å². The predicted octanol–water partition coefficient (Wildman–Crippen LogP) is 1.10. The molecule has 2 heterocycles. The maximum absolute atomic E-state index is 4.28. The third-order valence-corrected chi connectivity index (χ3v) is 3.15. The molecule has 3 nitrogen and oxygen atoms in total. The summed E-state index contributed by atoms with van der Waals surface area (Å²) >= 11 is 1.89. The van der Waals surface area contributed by atoms with E-state index in [2.05, 4.69) is 16.3 Å². The normalized spacial score (nSPS) is 17.4. The number of thioether (sulfide) groups is 1. The van der Waals surface area contributed by atoms with Crippen LogP contribution in [0, 0.1) is 0 Å². The van der Waals surface area contributed by atoms with Crippen molar-refractivity contribution in [3.8, 4) is 0 Å². The molecule has 0 aromatic carbocycles. The largest absolute Gasteiger partial charge is 0.288 e. The van der Waals surface area contributed by atoms with E-state index in [4.69, 9.17) is 0 Å². The average molecular weight is 197 g/mol. The van der Waals surface area contributed by atoms with Crippen LogP contribution in [0.25, 0.3) is 0 Å². The van der Waals surface area contributed by atoms with Crippen LogP contribution in [0.4, 0.5) is 0 Å². The van der Waals surface area contributed by atoms with Crippen molar-refractivity contribution in [2.75, 3.05) is 18.7 Å². The Morgan fingerprint density at radius 2 is 2.46 bits per heavy atom. The fraction of sp³-hybridized carbons (Fsp3) is 0.667. The highest BCUT2D eigenvalue weighted by atomic mass is 32.2. The van der Waals surface area contributed by atoms with E-state index in [0.29, 0.717) is 0 Å². The smallest absolute Gasteiger partial charge is 0.0553 e. The van der Waals surface area contributed by atoms with Crippen molar-refractivity contribution in [1.82, 2.24) is 14.7 Å². The van der Waals surface area contributed by atoms with Gasteiger partial charge in [0, 0.05) is 26.0 Å². The van der Waals surface area contributed by atoms with Gasteiger partial charge in [0.15, 0.2) is 0 Å². The molecule has 1 aromatic rings. The van der Waals surface area contributed by atoms with E-state index in [0.717, 1.165) is 18.8 Å². The standard InChI is InChI=1S/C9H15N3S/c1-11-9-6-12(7-13-2)4-3-8(9)5-10-11/h5H,3-4,6-7H2,1-2H3. The van der Waals surface area contributed by atoms with Crippen molar-refractivity contribution >= 4 is 11.8 Å². The van der Waals surface area contributed by atoms with Gasteiger partial charge in [-0.3, -0.25) is 9.58 Å². The molecular formula is C9H15N3S. The Kier molecular flexibility index (Phi) is 2.60. The molecule has 0 amide bonds. The van der Waals surface area contributed by atoms with E-state index in [1.165, 1.54) is 17.8 Å². The molecule has 1 aliphatic heterocycles. The quantitative estimate of drug-likeness (QED) is 0.708. The molecule has 0 atom stereocenters. The van der Waals surface area contributed by atoms with E-state index in [1.807, 2.05) is 29.7 Å². The lowest BCUT2D eigenvalue weighted by atomic mass is 10.1. The molecule has 0 saturated carbocycles. The lowest BCUT2D eigenvalue weighted by Gasteiger charge is -2.26. The summed E-state index contributed by atoms with van der Waals surface area (Å²) in [4.78, 5) is 2.47. The molecule has 2 rings (SSSR count). The van der Waals surface area contributed by atoms with E-state index in [1.54, 1.807) is 0 Å². The number of rotatable bonds is 2. The lowest BCUT2D eigenvalue weighted by molar-refractivity contribution is 0.291. The number of fused-ring (bicyclic) bond motifs is 1. The summed E-state index contributed by atoms with van der Waals surface area (Å²) in [5, 5.41) is 4.28. The minimum Gasteiger partial charge on any atom is -0.288 e. The van der Waals surface area contributed by atoms with Gasteiger partial charge in [-0.25, -0.2) is 0 Å². The van der Waals surface area contributed by atoms with E-state index in [-0.39, 0.29) is 0 Å². The van der Waals surface area contributed by atoms with Crippen LogP contribution in [0.3, 0.4) is 0 Å². The van der Waals surface area contributed by atoms with Crippen LogP contribution >= 0.6 is 11.8 Å². The first-order chi connectivity index (χ1) is 6.31. The summed E-state index contributed by atoms with van der Waals surface area (Å²) < 4.78 is 2.00. The highest BCUT2D eigenvalue weighted by Crippen LogP contribution is 2.18. The third-order valence-electron chi connectivity index (χ3n) is 2.53. The lowest BCUT2D eigenvalue weighted by Crippen LogP contribution is -2.30. The number of hydrogen-bond donors (Lipinski definition) is 0. The van der Waals surface area contributed by atoms with Gasteiger partial charge >= 0.3 is 0 Å². The van der Waals surface area contributed by atoms with E-state index < -0.39 is 0 Å². The first-order valence-electron chi connectivity index (χ1n) is 4.52. The number of hydrogen-bond acceptors (Lipinski definition) is 3. The zero-order chi connectivity index (χ0) is 9.26. The topological polar surface area (TPSA) is 21.1 Å². The second-order valence-electron chi connectivity index (χ2n) is 3.46. The van der Waals surface area contributed by atoms with Gasteiger partial charge in [-0.2, -0.15) is 5.10 Å². The fourth-order valence-electron chi connectivity index (χ4n) is 1.78. The van der Waals surface area contributed by atoms with Crippen LogP contribution in [0.1, 0.15) is 11.3 Å². The van der Waals surface area contributed by atoms with E-state index in [9.17, 15) is 0 Å². The van der Waals surface area contributed by atoms with Crippen molar-refractivity contribution in [1.29, 1.82) is 0 Å². The molecule has 0 radical (unpaired) electrons. The molecule has 0 aliphatic carbocycles. The summed E-state index contributed by atoms with van der Waals surface area (Å²) in [6, 6.07) is 0. The Hall–Kier alpha value is -0.480. The molecular weight excluding hydrogens is 182 g/mol. The molecule has 13 heavy (non-hydrogen) atoms. The first kappa shape index (κ1) is 9.09. The maximum Gasteiger partial charge on any atom is 0.0553 e. The summed E-state index contributed by atoms with van der Waals surface area (Å²) in [6.07, 6.45) is 5.31. The Balaban J connectivity index is 2.13. The van der Waals surface area contributed by atoms with Gasteiger partial charge in [-0.1, -0.05) is 0 Å². The van der Waals surface area contributed by atoms with Gasteiger partial charge in [-0.05, 0) is 18.2 Å². The molecule has 1 aromatic heterocycles. The summed E-state index contributed by atoms with van der Waals surface area (Å²) in [7, 11) is 2.03. The Labute approximate surface area is 83.1 Å². The van der Waals surface area contributed by atoms with Crippen molar-refractivity contribution in [3.05, 3.63) is 17.5 Å². The monoisotopic (exact) mass is 197 g/mol. The molecule has 0 saturated heterocycles. The molecule has 1 aliphatic rings. The van der Waals surface area contributed by atoms with Crippen molar-refractivity contribution in [3.63, 3.8) is 0 Å². The van der Waals surface area contributed by atoms with Crippen LogP contribution in [0.5, 0.6) is 0 Å². The highest BCUT2D eigenvalue weighted by molar-refractivity contribution is 7.98. The molecule has 0 spiro atoms. The third kappa shape index (κ3) is 1.74. The molecule has 0 unspecified atom stereocenters. The van der Waals surface area contributed by atoms with Crippen molar-refractivity contribution < 1.29 is 0 Å². The molecule has 0 N–H and O–H groups in total. The van der Waals surface area contributed by atoms with Gasteiger partial charge in [-0.15, -0.1) is 11.8 Å². The van der Waals surface area contributed by atoms with Crippen LogP contribution in [0.2, 0.25) is 0 Å². The van der Waals surface area contributed by atoms with Crippen LogP contribution in [0.15, 0.2) is 6.20 Å². The Morgan fingerprint density at radius 1 is 1.62 bits per heavy atom. The predicted molar refractivity (Wildman–Crippen MR) is 55.7 cm³/mol. The second-order valence-corrected chi connectivity index (χ2v) is 4.30.